The molecule has 0 saturated heterocycles. The number of halogens is 1. The van der Waals surface area contributed by atoms with Crippen molar-refractivity contribution in [2.75, 3.05) is 10.6 Å². The maximum Gasteiger partial charge on any atom is 0.267 e. The minimum Gasteiger partial charge on any atom is -0.360 e. The molecule has 0 saturated carbocycles. The highest BCUT2D eigenvalue weighted by atomic mass is 35.5. The van der Waals surface area contributed by atoms with E-state index >= 15 is 0 Å². The van der Waals surface area contributed by atoms with E-state index in [2.05, 4.69) is 10.6 Å². The molecule has 0 heterocycles. The predicted octanol–water partition coefficient (Wildman–Crippen LogP) is 4.37. The molecule has 24 heavy (non-hydrogen) atoms. The molecule has 2 aromatic carbocycles. The second-order valence-electron chi connectivity index (χ2n) is 4.49. The molecule has 2 aromatic rings. The van der Waals surface area contributed by atoms with Crippen molar-refractivity contribution in [3.8, 4) is 11.5 Å². The number of thiocyanates is 1. The highest BCUT2D eigenvalue weighted by molar-refractivity contribution is 8.03. The highest BCUT2D eigenvalue weighted by Gasteiger charge is 2.09. The van der Waals surface area contributed by atoms with E-state index in [0.29, 0.717) is 16.4 Å². The molecule has 7 heteroatoms. The van der Waals surface area contributed by atoms with E-state index in [1.54, 1.807) is 48.5 Å². The number of carbonyl (C=O) groups is 1. The van der Waals surface area contributed by atoms with E-state index in [9.17, 15) is 4.79 Å². The predicted molar refractivity (Wildman–Crippen MR) is 95.3 cm³/mol. The van der Waals surface area contributed by atoms with Gasteiger partial charge in [0.15, 0.2) is 0 Å². The summed E-state index contributed by atoms with van der Waals surface area (Å²) in [5, 5.41) is 25.8. The quantitative estimate of drug-likeness (QED) is 0.360. The van der Waals surface area contributed by atoms with E-state index in [4.69, 9.17) is 22.1 Å². The Morgan fingerprint density at radius 2 is 1.67 bits per heavy atom. The van der Waals surface area contributed by atoms with Crippen LogP contribution in [0.15, 0.2) is 65.2 Å². The summed E-state index contributed by atoms with van der Waals surface area (Å²) in [4.78, 5) is 12.9. The summed E-state index contributed by atoms with van der Waals surface area (Å²) in [7, 11) is 0. The van der Waals surface area contributed by atoms with Crippen LogP contribution < -0.4 is 10.6 Å². The Morgan fingerprint density at radius 3 is 2.25 bits per heavy atom. The van der Waals surface area contributed by atoms with E-state index in [-0.39, 0.29) is 5.57 Å². The van der Waals surface area contributed by atoms with Gasteiger partial charge in [-0.1, -0.05) is 11.6 Å². The molecular formula is C17H11ClN4OS. The SMILES string of the molecule is N#CSc1ccc(N/C=C(/C#N)C(=O)Nc2ccc(Cl)cc2)cc1. The van der Waals surface area contributed by atoms with Crippen molar-refractivity contribution in [2.24, 2.45) is 0 Å². The van der Waals surface area contributed by atoms with Crippen molar-refractivity contribution < 1.29 is 4.79 Å². The lowest BCUT2D eigenvalue weighted by Crippen LogP contribution is -2.14. The summed E-state index contributed by atoms with van der Waals surface area (Å²) >= 11 is 6.84. The van der Waals surface area contributed by atoms with E-state index < -0.39 is 5.91 Å². The molecule has 0 bridgehead atoms. The molecule has 0 aliphatic heterocycles. The van der Waals surface area contributed by atoms with E-state index in [1.165, 1.54) is 6.20 Å². The zero-order chi connectivity index (χ0) is 17.4. The monoisotopic (exact) mass is 354 g/mol. The number of hydrogen-bond acceptors (Lipinski definition) is 5. The van der Waals surface area contributed by atoms with Crippen molar-refractivity contribution >= 4 is 40.6 Å². The van der Waals surface area contributed by atoms with Crippen LogP contribution in [0.4, 0.5) is 11.4 Å². The molecule has 0 unspecified atom stereocenters. The first kappa shape index (κ1) is 17.4. The molecule has 0 fully saturated rings. The molecule has 5 nitrogen and oxygen atoms in total. The van der Waals surface area contributed by atoms with Crippen LogP contribution in [-0.4, -0.2) is 5.91 Å². The Balaban J connectivity index is 2.03. The van der Waals surface area contributed by atoms with Gasteiger partial charge < -0.3 is 10.6 Å². The molecule has 0 aliphatic rings. The minimum atomic E-state index is -0.524. The second kappa shape index (κ2) is 8.64. The Kier molecular flexibility index (Phi) is 6.27. The molecule has 0 aromatic heterocycles. The Morgan fingerprint density at radius 1 is 1.04 bits per heavy atom. The van der Waals surface area contributed by atoms with Gasteiger partial charge >= 0.3 is 0 Å². The van der Waals surface area contributed by atoms with Gasteiger partial charge in [-0.2, -0.15) is 10.5 Å². The topological polar surface area (TPSA) is 88.7 Å². The number of anilines is 2. The third-order valence-corrected chi connectivity index (χ3v) is 3.72. The van der Waals surface area contributed by atoms with Crippen LogP contribution in [0, 0.1) is 22.0 Å². The first-order chi connectivity index (χ1) is 11.6. The second-order valence-corrected chi connectivity index (χ2v) is 5.79. The molecular weight excluding hydrogens is 344 g/mol. The van der Waals surface area contributed by atoms with Gasteiger partial charge in [-0.05, 0) is 60.3 Å². The van der Waals surface area contributed by atoms with E-state index in [1.807, 2.05) is 11.5 Å². The lowest BCUT2D eigenvalue weighted by molar-refractivity contribution is -0.112. The Bertz CT molecular complexity index is 833. The number of nitriles is 2. The number of hydrogen-bond donors (Lipinski definition) is 2. The van der Waals surface area contributed by atoms with Gasteiger partial charge in [0.2, 0.25) is 0 Å². The summed E-state index contributed by atoms with van der Waals surface area (Å²) in [6.07, 6.45) is 1.33. The number of carbonyl (C=O) groups excluding carboxylic acids is 1. The van der Waals surface area contributed by atoms with Crippen LogP contribution in [0.1, 0.15) is 0 Å². The molecule has 118 valence electrons. The van der Waals surface area contributed by atoms with Crippen molar-refractivity contribution in [3.63, 3.8) is 0 Å². The van der Waals surface area contributed by atoms with Crippen LogP contribution >= 0.6 is 23.4 Å². The summed E-state index contributed by atoms with van der Waals surface area (Å²) in [6.45, 7) is 0. The average Bonchev–Trinajstić information content (AvgIpc) is 2.59. The Labute approximate surface area is 148 Å². The molecule has 0 spiro atoms. The van der Waals surface area contributed by atoms with Gasteiger partial charge in [0.1, 0.15) is 17.0 Å². The normalized spacial score (nSPS) is 10.4. The first-order valence-corrected chi connectivity index (χ1v) is 7.91. The van der Waals surface area contributed by atoms with Crippen molar-refractivity contribution in [3.05, 3.63) is 65.3 Å². The number of amides is 1. The molecule has 1 amide bonds. The zero-order valence-electron chi connectivity index (χ0n) is 12.3. The maximum atomic E-state index is 12.1. The number of nitrogens with zero attached hydrogens (tertiary/aromatic N) is 2. The summed E-state index contributed by atoms with van der Waals surface area (Å²) in [5.74, 6) is -0.524. The lowest BCUT2D eigenvalue weighted by atomic mass is 10.2. The summed E-state index contributed by atoms with van der Waals surface area (Å²) in [6, 6.07) is 15.5. The third kappa shape index (κ3) is 5.06. The highest BCUT2D eigenvalue weighted by Crippen LogP contribution is 2.19. The summed E-state index contributed by atoms with van der Waals surface area (Å²) < 4.78 is 0. The Hall–Kier alpha value is -2.93. The standard InChI is InChI=1S/C17H11ClN4OS/c18-13-1-3-15(4-2-13)22-17(23)12(9-19)10-21-14-5-7-16(8-6-14)24-11-20/h1-8,10,21H,(H,22,23)/b12-10-. The molecule has 0 atom stereocenters. The fraction of sp³-hybridized carbons (Fsp3) is 0. The average molecular weight is 355 g/mol. The summed E-state index contributed by atoms with van der Waals surface area (Å²) in [5.41, 5.74) is 1.17. The van der Waals surface area contributed by atoms with Crippen LogP contribution in [0.2, 0.25) is 5.02 Å². The van der Waals surface area contributed by atoms with Crippen molar-refractivity contribution in [2.45, 2.75) is 4.90 Å². The smallest absolute Gasteiger partial charge is 0.267 e. The first-order valence-electron chi connectivity index (χ1n) is 6.72. The van der Waals surface area contributed by atoms with E-state index in [0.717, 1.165) is 16.7 Å². The number of benzene rings is 2. The zero-order valence-corrected chi connectivity index (χ0v) is 13.9. The fourth-order valence-electron chi connectivity index (χ4n) is 1.71. The molecule has 2 N–H and O–H groups in total. The van der Waals surface area contributed by atoms with Crippen molar-refractivity contribution in [1.82, 2.24) is 0 Å². The number of rotatable bonds is 5. The van der Waals surface area contributed by atoms with Gasteiger partial charge in [0.25, 0.3) is 5.91 Å². The third-order valence-electron chi connectivity index (χ3n) is 2.87. The number of thioether (sulfide) groups is 1. The van der Waals surface area contributed by atoms with Gasteiger partial charge in [0, 0.05) is 27.5 Å². The largest absolute Gasteiger partial charge is 0.360 e. The molecule has 0 radical (unpaired) electrons. The van der Waals surface area contributed by atoms with Crippen LogP contribution in [0.25, 0.3) is 0 Å². The minimum absolute atomic E-state index is 0.0690. The fourth-order valence-corrected chi connectivity index (χ4v) is 2.21. The van der Waals surface area contributed by atoms with Crippen LogP contribution in [0.3, 0.4) is 0 Å². The van der Waals surface area contributed by atoms with Gasteiger partial charge in [0.05, 0.1) is 0 Å². The lowest BCUT2D eigenvalue weighted by Gasteiger charge is -2.05. The van der Waals surface area contributed by atoms with Gasteiger partial charge in [-0.3, -0.25) is 4.79 Å². The number of nitrogens with one attached hydrogen (secondary N) is 2. The van der Waals surface area contributed by atoms with Crippen LogP contribution in [-0.2, 0) is 4.79 Å². The molecule has 2 rings (SSSR count). The van der Waals surface area contributed by atoms with Gasteiger partial charge in [-0.15, -0.1) is 0 Å². The van der Waals surface area contributed by atoms with Gasteiger partial charge in [-0.25, -0.2) is 0 Å². The van der Waals surface area contributed by atoms with Crippen LogP contribution in [0.5, 0.6) is 0 Å². The van der Waals surface area contributed by atoms with Crippen molar-refractivity contribution in [1.29, 1.82) is 10.5 Å². The molecule has 0 aliphatic carbocycles. The maximum absolute atomic E-state index is 12.1.